The highest BCUT2D eigenvalue weighted by Gasteiger charge is 2.21. The Morgan fingerprint density at radius 1 is 1.06 bits per heavy atom. The predicted molar refractivity (Wildman–Crippen MR) is 138 cm³/mol. The summed E-state index contributed by atoms with van der Waals surface area (Å²) >= 11 is 0. The Balaban J connectivity index is 1.44. The Bertz CT molecular complexity index is 1420. The zero-order chi connectivity index (χ0) is 25.4. The van der Waals surface area contributed by atoms with Crippen LogP contribution in [0.3, 0.4) is 0 Å². The van der Waals surface area contributed by atoms with E-state index in [1.165, 1.54) is 6.07 Å². The monoisotopic (exact) mass is 489 g/mol. The summed E-state index contributed by atoms with van der Waals surface area (Å²) in [6.07, 6.45) is 4.41. The number of hydrogen-bond acceptors (Lipinski definition) is 2. The molecular formula is C30H30F3N3. The molecule has 1 aliphatic rings. The van der Waals surface area contributed by atoms with E-state index in [4.69, 9.17) is 0 Å². The molecule has 0 bridgehead atoms. The van der Waals surface area contributed by atoms with Crippen LogP contribution in [0.15, 0.2) is 48.7 Å². The van der Waals surface area contributed by atoms with E-state index >= 15 is 4.39 Å². The van der Waals surface area contributed by atoms with Gasteiger partial charge in [-0.3, -0.25) is 0 Å². The van der Waals surface area contributed by atoms with Crippen LogP contribution >= 0.6 is 0 Å². The van der Waals surface area contributed by atoms with E-state index in [0.29, 0.717) is 46.6 Å². The van der Waals surface area contributed by atoms with Gasteiger partial charge in [-0.05, 0) is 71.3 Å². The number of imidazole rings is 1. The van der Waals surface area contributed by atoms with E-state index in [0.717, 1.165) is 41.8 Å². The number of nitrogens with zero attached hydrogens (tertiary/aromatic N) is 1. The van der Waals surface area contributed by atoms with Gasteiger partial charge in [0.15, 0.2) is 0 Å². The Kier molecular flexibility index (Phi) is 6.61. The van der Waals surface area contributed by atoms with Crippen molar-refractivity contribution in [3.63, 3.8) is 0 Å². The van der Waals surface area contributed by atoms with Crippen LogP contribution in [0.25, 0.3) is 11.4 Å². The molecule has 0 spiro atoms. The fraction of sp³-hybridized carbons (Fsp3) is 0.300. The lowest BCUT2D eigenvalue weighted by atomic mass is 9.94. The molecule has 1 atom stereocenters. The van der Waals surface area contributed by atoms with E-state index in [1.807, 2.05) is 32.9 Å². The maximum absolute atomic E-state index is 15.1. The van der Waals surface area contributed by atoms with Gasteiger partial charge >= 0.3 is 0 Å². The van der Waals surface area contributed by atoms with Crippen molar-refractivity contribution in [2.24, 2.45) is 0 Å². The highest BCUT2D eigenvalue weighted by molar-refractivity contribution is 5.62. The van der Waals surface area contributed by atoms with Gasteiger partial charge in [0, 0.05) is 36.5 Å². The molecule has 2 N–H and O–H groups in total. The van der Waals surface area contributed by atoms with E-state index in [9.17, 15) is 8.78 Å². The first-order valence-electron chi connectivity index (χ1n) is 12.5. The van der Waals surface area contributed by atoms with Crippen molar-refractivity contribution in [3.8, 4) is 11.4 Å². The first-order chi connectivity index (χ1) is 17.4. The number of fused-ring (bicyclic) bond motifs is 1. The van der Waals surface area contributed by atoms with Gasteiger partial charge in [0.2, 0.25) is 0 Å². The molecule has 1 aromatic heterocycles. The zero-order valence-corrected chi connectivity index (χ0v) is 20.8. The number of halogens is 3. The summed E-state index contributed by atoms with van der Waals surface area (Å²) in [6.45, 7) is 6.69. The first-order valence-corrected chi connectivity index (χ1v) is 12.5. The molecular weight excluding hydrogens is 459 g/mol. The van der Waals surface area contributed by atoms with Crippen LogP contribution in [0.5, 0.6) is 0 Å². The third-order valence-corrected chi connectivity index (χ3v) is 7.30. The summed E-state index contributed by atoms with van der Waals surface area (Å²) in [5.74, 6) is -0.771. The van der Waals surface area contributed by atoms with Crippen molar-refractivity contribution >= 4 is 5.69 Å². The number of rotatable bonds is 7. The number of hydrogen-bond donors (Lipinski definition) is 2. The normalized spacial score (nSPS) is 13.5. The Hall–Kier alpha value is -3.54. The lowest BCUT2D eigenvalue weighted by molar-refractivity contribution is 0.583. The Morgan fingerprint density at radius 2 is 1.89 bits per heavy atom. The lowest BCUT2D eigenvalue weighted by Crippen LogP contribution is -2.03. The standard InChI is InChI=1S/C30H30F3N3/c1-4-6-20-7-5-8-22(29(20)33)18(3)28-16-35-30(36-28)24-14-19(9-10-25(24)31)13-23-17(2)21-11-12-34-27(21)15-26(23)32/h5,7-10,14-16,18,34H,4,6,11-13H2,1-3H3,(H,35,36). The van der Waals surface area contributed by atoms with E-state index in [-0.39, 0.29) is 17.6 Å². The minimum atomic E-state index is -0.418. The smallest absolute Gasteiger partial charge is 0.140 e. The first kappa shape index (κ1) is 24.2. The van der Waals surface area contributed by atoms with Crippen molar-refractivity contribution < 1.29 is 13.2 Å². The summed E-state index contributed by atoms with van der Waals surface area (Å²) in [6, 6.07) is 11.8. The molecule has 0 saturated carbocycles. The van der Waals surface area contributed by atoms with Gasteiger partial charge in [-0.15, -0.1) is 0 Å². The largest absolute Gasteiger partial charge is 0.384 e. The van der Waals surface area contributed by atoms with Gasteiger partial charge in [0.1, 0.15) is 23.3 Å². The van der Waals surface area contributed by atoms with Gasteiger partial charge in [0.05, 0.1) is 5.56 Å². The fourth-order valence-electron chi connectivity index (χ4n) is 5.21. The topological polar surface area (TPSA) is 40.7 Å². The molecule has 1 aliphatic heterocycles. The van der Waals surface area contributed by atoms with Crippen LogP contribution in [-0.4, -0.2) is 16.5 Å². The number of anilines is 1. The van der Waals surface area contributed by atoms with Gasteiger partial charge in [-0.1, -0.05) is 44.5 Å². The predicted octanol–water partition coefficient (Wildman–Crippen LogP) is 7.47. The highest BCUT2D eigenvalue weighted by Crippen LogP contribution is 2.33. The molecule has 4 aromatic rings. The molecule has 3 nitrogen and oxygen atoms in total. The molecule has 0 fully saturated rings. The average Bonchev–Trinajstić information content (AvgIpc) is 3.54. The van der Waals surface area contributed by atoms with E-state index in [1.54, 1.807) is 30.5 Å². The molecule has 186 valence electrons. The number of nitrogens with one attached hydrogen (secondary N) is 2. The van der Waals surface area contributed by atoms with Gasteiger partial charge in [0.25, 0.3) is 0 Å². The summed E-state index contributed by atoms with van der Waals surface area (Å²) < 4.78 is 44.8. The van der Waals surface area contributed by atoms with Crippen molar-refractivity contribution in [1.82, 2.24) is 9.97 Å². The third kappa shape index (κ3) is 4.41. The average molecular weight is 490 g/mol. The molecule has 0 saturated heterocycles. The Morgan fingerprint density at radius 3 is 2.69 bits per heavy atom. The quantitative estimate of drug-likeness (QED) is 0.283. The summed E-state index contributed by atoms with van der Waals surface area (Å²) in [7, 11) is 0. The summed E-state index contributed by atoms with van der Waals surface area (Å²) in [5, 5.41) is 3.22. The van der Waals surface area contributed by atoms with Gasteiger partial charge < -0.3 is 10.3 Å². The van der Waals surface area contributed by atoms with Crippen LogP contribution in [-0.2, 0) is 19.3 Å². The minimum absolute atomic E-state index is 0.196. The fourth-order valence-corrected chi connectivity index (χ4v) is 5.21. The molecule has 0 amide bonds. The lowest BCUT2D eigenvalue weighted by Gasteiger charge is -2.14. The Labute approximate surface area is 209 Å². The second-order valence-electron chi connectivity index (χ2n) is 9.63. The summed E-state index contributed by atoms with van der Waals surface area (Å²) in [4.78, 5) is 7.61. The van der Waals surface area contributed by atoms with E-state index < -0.39 is 5.82 Å². The zero-order valence-electron chi connectivity index (χ0n) is 20.8. The molecule has 5 rings (SSSR count). The maximum atomic E-state index is 15.1. The molecule has 6 heteroatoms. The van der Waals surface area contributed by atoms with Crippen LogP contribution < -0.4 is 5.32 Å². The van der Waals surface area contributed by atoms with Crippen molar-refractivity contribution in [1.29, 1.82) is 0 Å². The maximum Gasteiger partial charge on any atom is 0.140 e. The SMILES string of the molecule is CCCc1cccc(C(C)c2cnc(-c3cc(Cc4c(F)cc5c(c4C)CCN5)ccc3F)[nH]2)c1F. The number of benzene rings is 3. The molecule has 0 aliphatic carbocycles. The molecule has 1 unspecified atom stereocenters. The number of aromatic nitrogens is 2. The van der Waals surface area contributed by atoms with Crippen molar-refractivity contribution in [2.45, 2.75) is 52.4 Å². The minimum Gasteiger partial charge on any atom is -0.384 e. The van der Waals surface area contributed by atoms with Gasteiger partial charge in [-0.25, -0.2) is 18.2 Å². The van der Waals surface area contributed by atoms with Crippen LogP contribution in [0.4, 0.5) is 18.9 Å². The molecule has 3 aromatic carbocycles. The third-order valence-electron chi connectivity index (χ3n) is 7.30. The number of aryl methyl sites for hydroxylation is 1. The van der Waals surface area contributed by atoms with Crippen molar-refractivity contribution in [2.75, 3.05) is 11.9 Å². The molecule has 36 heavy (non-hydrogen) atoms. The van der Waals surface area contributed by atoms with Crippen LogP contribution in [0.2, 0.25) is 0 Å². The highest BCUT2D eigenvalue weighted by atomic mass is 19.1. The number of H-pyrrole nitrogens is 1. The molecule has 0 radical (unpaired) electrons. The van der Waals surface area contributed by atoms with E-state index in [2.05, 4.69) is 15.3 Å². The second kappa shape index (κ2) is 9.84. The molecule has 2 heterocycles. The number of aromatic amines is 1. The second-order valence-corrected chi connectivity index (χ2v) is 9.63. The van der Waals surface area contributed by atoms with Gasteiger partial charge in [-0.2, -0.15) is 0 Å². The summed E-state index contributed by atoms with van der Waals surface area (Å²) in [5.41, 5.74) is 6.68. The van der Waals surface area contributed by atoms with Crippen LogP contribution in [0.1, 0.15) is 65.3 Å². The van der Waals surface area contributed by atoms with Crippen LogP contribution in [0, 0.1) is 24.4 Å². The van der Waals surface area contributed by atoms with Crippen molar-refractivity contribution in [3.05, 3.63) is 105 Å².